The van der Waals surface area contributed by atoms with Crippen molar-refractivity contribution in [2.45, 2.75) is 39.0 Å². The number of nitrogens with zero attached hydrogens (tertiary/aromatic N) is 3. The smallest absolute Gasteiger partial charge is 0.253 e. The molecule has 0 bridgehead atoms. The zero-order valence-electron chi connectivity index (χ0n) is 9.53. The molecule has 0 aliphatic heterocycles. The standard InChI is InChI=1S/C11H17N5/c1-7-8-5-3-2-4-6-9(8)15-11(14-7)16-10(12)13/h2-6H2,1H3,(H4,12,13,14,15,16). The molecule has 0 amide bonds. The first kappa shape index (κ1) is 10.9. The Morgan fingerprint density at radius 1 is 1.12 bits per heavy atom. The van der Waals surface area contributed by atoms with Crippen molar-refractivity contribution in [2.24, 2.45) is 16.5 Å². The molecule has 86 valence electrons. The minimum Gasteiger partial charge on any atom is -0.370 e. The number of fused-ring (bicyclic) bond motifs is 1. The van der Waals surface area contributed by atoms with Crippen molar-refractivity contribution in [1.29, 1.82) is 0 Å². The van der Waals surface area contributed by atoms with Crippen molar-refractivity contribution in [3.05, 3.63) is 17.0 Å². The monoisotopic (exact) mass is 219 g/mol. The number of hydrogen-bond donors (Lipinski definition) is 2. The predicted molar refractivity (Wildman–Crippen MR) is 63.5 cm³/mol. The van der Waals surface area contributed by atoms with E-state index in [1.165, 1.54) is 24.8 Å². The first-order valence-corrected chi connectivity index (χ1v) is 5.63. The number of aromatic nitrogens is 2. The molecule has 0 aromatic carbocycles. The van der Waals surface area contributed by atoms with Gasteiger partial charge in [-0.15, -0.1) is 0 Å². The molecule has 4 N–H and O–H groups in total. The second kappa shape index (κ2) is 4.47. The summed E-state index contributed by atoms with van der Waals surface area (Å²) >= 11 is 0. The fourth-order valence-corrected chi connectivity index (χ4v) is 2.11. The normalized spacial score (nSPS) is 15.1. The molecule has 1 aliphatic carbocycles. The maximum Gasteiger partial charge on any atom is 0.253 e. The lowest BCUT2D eigenvalue weighted by Gasteiger charge is -2.08. The molecule has 1 heterocycles. The number of aliphatic imine (C=N–C) groups is 1. The van der Waals surface area contributed by atoms with Crippen molar-refractivity contribution in [3.63, 3.8) is 0 Å². The van der Waals surface area contributed by atoms with Crippen LogP contribution in [0.5, 0.6) is 0 Å². The number of nitrogens with two attached hydrogens (primary N) is 2. The Balaban J connectivity index is 2.43. The molecule has 5 heteroatoms. The van der Waals surface area contributed by atoms with Crippen LogP contribution in [0.3, 0.4) is 0 Å². The Hall–Kier alpha value is -1.65. The third-order valence-electron chi connectivity index (χ3n) is 2.86. The summed E-state index contributed by atoms with van der Waals surface area (Å²) in [6, 6.07) is 0. The van der Waals surface area contributed by atoms with Crippen molar-refractivity contribution >= 4 is 11.9 Å². The lowest BCUT2D eigenvalue weighted by atomic mass is 10.1. The molecule has 0 fully saturated rings. The second-order valence-electron chi connectivity index (χ2n) is 4.13. The van der Waals surface area contributed by atoms with Gasteiger partial charge < -0.3 is 11.5 Å². The average molecular weight is 219 g/mol. The molecular weight excluding hydrogens is 202 g/mol. The minimum atomic E-state index is 0.00738. The quantitative estimate of drug-likeness (QED) is 0.418. The van der Waals surface area contributed by atoms with E-state index in [1.54, 1.807) is 0 Å². The summed E-state index contributed by atoms with van der Waals surface area (Å²) in [5, 5.41) is 0. The van der Waals surface area contributed by atoms with Gasteiger partial charge in [0.1, 0.15) is 0 Å². The van der Waals surface area contributed by atoms with Gasteiger partial charge in [0.2, 0.25) is 0 Å². The number of aryl methyl sites for hydroxylation is 2. The van der Waals surface area contributed by atoms with E-state index in [0.29, 0.717) is 5.95 Å². The van der Waals surface area contributed by atoms with Crippen LogP contribution in [-0.2, 0) is 12.8 Å². The summed E-state index contributed by atoms with van der Waals surface area (Å²) in [6.45, 7) is 2.00. The van der Waals surface area contributed by atoms with Gasteiger partial charge in [-0.2, -0.15) is 4.99 Å². The largest absolute Gasteiger partial charge is 0.370 e. The lowest BCUT2D eigenvalue weighted by molar-refractivity contribution is 0.708. The molecule has 0 radical (unpaired) electrons. The van der Waals surface area contributed by atoms with Crippen LogP contribution >= 0.6 is 0 Å². The average Bonchev–Trinajstić information content (AvgIpc) is 2.41. The topological polar surface area (TPSA) is 90.2 Å². The summed E-state index contributed by atoms with van der Waals surface area (Å²) in [5.74, 6) is 0.395. The van der Waals surface area contributed by atoms with E-state index in [2.05, 4.69) is 15.0 Å². The van der Waals surface area contributed by atoms with Gasteiger partial charge in [-0.1, -0.05) is 6.42 Å². The van der Waals surface area contributed by atoms with Crippen molar-refractivity contribution < 1.29 is 0 Å². The summed E-state index contributed by atoms with van der Waals surface area (Å²) < 4.78 is 0. The van der Waals surface area contributed by atoms with Gasteiger partial charge in [0.15, 0.2) is 5.96 Å². The highest BCUT2D eigenvalue weighted by molar-refractivity contribution is 5.77. The zero-order valence-corrected chi connectivity index (χ0v) is 9.53. The summed E-state index contributed by atoms with van der Waals surface area (Å²) in [4.78, 5) is 12.6. The first-order chi connectivity index (χ1) is 7.66. The molecular formula is C11H17N5. The molecule has 1 aromatic rings. The molecule has 0 unspecified atom stereocenters. The fraction of sp³-hybridized carbons (Fsp3) is 0.545. The number of guanidine groups is 1. The Bertz CT molecular complexity index is 421. The number of rotatable bonds is 1. The Morgan fingerprint density at radius 3 is 2.62 bits per heavy atom. The van der Waals surface area contributed by atoms with Crippen molar-refractivity contribution in [2.75, 3.05) is 0 Å². The van der Waals surface area contributed by atoms with Gasteiger partial charge in [0.05, 0.1) is 0 Å². The molecule has 1 aliphatic rings. The predicted octanol–water partition coefficient (Wildman–Crippen LogP) is 0.959. The van der Waals surface area contributed by atoms with Gasteiger partial charge in [-0.05, 0) is 38.2 Å². The molecule has 16 heavy (non-hydrogen) atoms. The van der Waals surface area contributed by atoms with E-state index in [9.17, 15) is 0 Å². The van der Waals surface area contributed by atoms with Crippen LogP contribution in [0.15, 0.2) is 4.99 Å². The van der Waals surface area contributed by atoms with Crippen LogP contribution in [0.1, 0.15) is 36.2 Å². The molecule has 0 saturated carbocycles. The van der Waals surface area contributed by atoms with E-state index in [1.807, 2.05) is 6.92 Å². The second-order valence-corrected chi connectivity index (χ2v) is 4.13. The van der Waals surface area contributed by atoms with Gasteiger partial charge in [-0.25, -0.2) is 9.97 Å². The molecule has 5 nitrogen and oxygen atoms in total. The van der Waals surface area contributed by atoms with Gasteiger partial charge >= 0.3 is 0 Å². The third kappa shape index (κ3) is 2.29. The van der Waals surface area contributed by atoms with Crippen LogP contribution in [-0.4, -0.2) is 15.9 Å². The summed E-state index contributed by atoms with van der Waals surface area (Å²) in [5.41, 5.74) is 14.1. The number of hydrogen-bond acceptors (Lipinski definition) is 3. The lowest BCUT2D eigenvalue weighted by Crippen LogP contribution is -2.22. The van der Waals surface area contributed by atoms with E-state index >= 15 is 0 Å². The van der Waals surface area contributed by atoms with E-state index < -0.39 is 0 Å². The van der Waals surface area contributed by atoms with E-state index in [-0.39, 0.29) is 5.96 Å². The summed E-state index contributed by atoms with van der Waals surface area (Å²) in [6.07, 6.45) is 5.74. The SMILES string of the molecule is Cc1nc(N=C(N)N)nc2c1CCCCC2. The highest BCUT2D eigenvalue weighted by Gasteiger charge is 2.14. The summed E-state index contributed by atoms with van der Waals surface area (Å²) in [7, 11) is 0. The van der Waals surface area contributed by atoms with Crippen molar-refractivity contribution in [3.8, 4) is 0 Å². The van der Waals surface area contributed by atoms with Gasteiger partial charge in [-0.3, -0.25) is 0 Å². The fourth-order valence-electron chi connectivity index (χ4n) is 2.11. The van der Waals surface area contributed by atoms with Crippen molar-refractivity contribution in [1.82, 2.24) is 9.97 Å². The third-order valence-corrected chi connectivity index (χ3v) is 2.86. The maximum absolute atomic E-state index is 5.33. The van der Waals surface area contributed by atoms with E-state index in [4.69, 9.17) is 11.5 Å². The van der Waals surface area contributed by atoms with Gasteiger partial charge in [0.25, 0.3) is 5.95 Å². The Kier molecular flexibility index (Phi) is 3.03. The van der Waals surface area contributed by atoms with Crippen LogP contribution < -0.4 is 11.5 Å². The Morgan fingerprint density at radius 2 is 1.88 bits per heavy atom. The molecule has 0 spiro atoms. The van der Waals surface area contributed by atoms with Crippen LogP contribution in [0.2, 0.25) is 0 Å². The minimum absolute atomic E-state index is 0.00738. The molecule has 2 rings (SSSR count). The molecule has 1 aromatic heterocycles. The highest BCUT2D eigenvalue weighted by atomic mass is 15.1. The molecule has 0 saturated heterocycles. The zero-order chi connectivity index (χ0) is 11.5. The van der Waals surface area contributed by atoms with E-state index in [0.717, 1.165) is 24.2 Å². The van der Waals surface area contributed by atoms with Crippen LogP contribution in [0.4, 0.5) is 5.95 Å². The first-order valence-electron chi connectivity index (χ1n) is 5.63. The maximum atomic E-state index is 5.33. The van der Waals surface area contributed by atoms with Crippen LogP contribution in [0.25, 0.3) is 0 Å². The molecule has 0 atom stereocenters. The van der Waals surface area contributed by atoms with Gasteiger partial charge in [0, 0.05) is 11.4 Å². The highest BCUT2D eigenvalue weighted by Crippen LogP contribution is 2.22. The Labute approximate surface area is 95.0 Å². The van der Waals surface area contributed by atoms with Crippen LogP contribution in [0, 0.1) is 6.92 Å².